The zero-order valence-corrected chi connectivity index (χ0v) is 12.0. The maximum absolute atomic E-state index is 12.3. The lowest BCUT2D eigenvalue weighted by Gasteiger charge is -2.16. The lowest BCUT2D eigenvalue weighted by molar-refractivity contribution is 0.0925. The molecule has 1 aromatic carbocycles. The van der Waals surface area contributed by atoms with E-state index in [4.69, 9.17) is 0 Å². The van der Waals surface area contributed by atoms with Crippen molar-refractivity contribution in [3.8, 4) is 5.95 Å². The highest BCUT2D eigenvalue weighted by Gasteiger charge is 2.17. The molecule has 1 atom stereocenters. The average molecular weight is 297 g/mol. The molecule has 0 aliphatic carbocycles. The van der Waals surface area contributed by atoms with Gasteiger partial charge in [0, 0.05) is 0 Å². The van der Waals surface area contributed by atoms with E-state index in [1.807, 2.05) is 37.3 Å². The molecule has 0 radical (unpaired) electrons. The Morgan fingerprint density at radius 3 is 2.68 bits per heavy atom. The molecule has 0 saturated carbocycles. The van der Waals surface area contributed by atoms with Crippen LogP contribution >= 0.6 is 0 Å². The minimum atomic E-state index is -0.303. The van der Waals surface area contributed by atoms with Crippen molar-refractivity contribution in [3.05, 3.63) is 54.4 Å². The van der Waals surface area contributed by atoms with Crippen LogP contribution in [-0.2, 0) is 0 Å². The number of carbonyl (C=O) groups is 1. The van der Waals surface area contributed by atoms with Gasteiger partial charge in [-0.3, -0.25) is 14.5 Å². The zero-order chi connectivity index (χ0) is 15.4. The number of rotatable bonds is 5. The fraction of sp³-hybridized carbons (Fsp3) is 0.214. The minimum absolute atomic E-state index is 0.0721. The molecule has 0 spiro atoms. The quantitative estimate of drug-likeness (QED) is 0.738. The van der Waals surface area contributed by atoms with Gasteiger partial charge >= 0.3 is 0 Å². The molecule has 0 bridgehead atoms. The van der Waals surface area contributed by atoms with Crippen molar-refractivity contribution in [2.45, 2.75) is 19.4 Å². The fourth-order valence-electron chi connectivity index (χ4n) is 2.11. The molecule has 0 aliphatic heterocycles. The van der Waals surface area contributed by atoms with Gasteiger partial charge in [0.25, 0.3) is 11.9 Å². The van der Waals surface area contributed by atoms with Crippen LogP contribution < -0.4 is 5.32 Å². The Hall–Kier alpha value is -3.03. The third kappa shape index (κ3) is 2.85. The summed E-state index contributed by atoms with van der Waals surface area (Å²) in [6, 6.07) is 9.73. The number of benzene rings is 1. The van der Waals surface area contributed by atoms with Crippen molar-refractivity contribution in [1.82, 2.24) is 35.3 Å². The van der Waals surface area contributed by atoms with Crippen LogP contribution in [0.5, 0.6) is 0 Å². The number of aromatic nitrogens is 6. The molecule has 3 aromatic rings. The predicted octanol–water partition coefficient (Wildman–Crippen LogP) is 1.27. The van der Waals surface area contributed by atoms with Gasteiger partial charge in [0.1, 0.15) is 12.7 Å². The van der Waals surface area contributed by atoms with Crippen LogP contribution in [0.3, 0.4) is 0 Å². The topological polar surface area (TPSA) is 101 Å². The Bertz CT molecular complexity index is 736. The molecular formula is C14H15N7O. The molecule has 0 saturated heterocycles. The molecule has 8 nitrogen and oxygen atoms in total. The lowest BCUT2D eigenvalue weighted by atomic mass is 10.0. The smallest absolute Gasteiger partial charge is 0.289 e. The number of amides is 1. The van der Waals surface area contributed by atoms with Gasteiger partial charge in [0.05, 0.1) is 6.04 Å². The fourth-order valence-corrected chi connectivity index (χ4v) is 2.11. The Morgan fingerprint density at radius 2 is 2.00 bits per heavy atom. The number of nitrogens with one attached hydrogen (secondary N) is 2. The summed E-state index contributed by atoms with van der Waals surface area (Å²) in [6.07, 6.45) is 3.70. The third-order valence-corrected chi connectivity index (χ3v) is 3.25. The van der Waals surface area contributed by atoms with Crippen molar-refractivity contribution < 1.29 is 4.79 Å². The van der Waals surface area contributed by atoms with Crippen molar-refractivity contribution in [1.29, 1.82) is 0 Å². The highest BCUT2D eigenvalue weighted by Crippen LogP contribution is 2.16. The van der Waals surface area contributed by atoms with Gasteiger partial charge in [0.2, 0.25) is 5.82 Å². The summed E-state index contributed by atoms with van der Waals surface area (Å²) >= 11 is 0. The van der Waals surface area contributed by atoms with Gasteiger partial charge in [-0.25, -0.2) is 0 Å². The minimum Gasteiger partial charge on any atom is -0.343 e. The maximum atomic E-state index is 12.3. The summed E-state index contributed by atoms with van der Waals surface area (Å²) < 4.78 is 1.52. The summed E-state index contributed by atoms with van der Waals surface area (Å²) in [6.45, 7) is 2.01. The van der Waals surface area contributed by atoms with E-state index < -0.39 is 0 Å². The Labute approximate surface area is 126 Å². The lowest BCUT2D eigenvalue weighted by Crippen LogP contribution is -2.29. The Balaban J connectivity index is 1.74. The first kappa shape index (κ1) is 13.9. The number of hydrogen-bond acceptors (Lipinski definition) is 5. The number of carbonyl (C=O) groups excluding carboxylic acids is 1. The molecule has 22 heavy (non-hydrogen) atoms. The highest BCUT2D eigenvalue weighted by atomic mass is 16.2. The largest absolute Gasteiger partial charge is 0.343 e. The number of hydrogen-bond donors (Lipinski definition) is 2. The van der Waals surface area contributed by atoms with E-state index in [-0.39, 0.29) is 17.8 Å². The molecule has 2 heterocycles. The van der Waals surface area contributed by atoms with Crippen LogP contribution in [0, 0.1) is 0 Å². The molecule has 8 heteroatoms. The van der Waals surface area contributed by atoms with E-state index in [9.17, 15) is 4.79 Å². The van der Waals surface area contributed by atoms with Gasteiger partial charge in [-0.1, -0.05) is 37.3 Å². The van der Waals surface area contributed by atoms with Crippen LogP contribution in [0.15, 0.2) is 43.0 Å². The second-order valence-electron chi connectivity index (χ2n) is 4.70. The molecular weight excluding hydrogens is 282 g/mol. The van der Waals surface area contributed by atoms with Crippen LogP contribution in [0.1, 0.15) is 35.6 Å². The summed E-state index contributed by atoms with van der Waals surface area (Å²) in [4.78, 5) is 16.4. The molecule has 2 aromatic heterocycles. The molecule has 0 unspecified atom stereocenters. The third-order valence-electron chi connectivity index (χ3n) is 3.25. The van der Waals surface area contributed by atoms with Crippen molar-refractivity contribution in [2.24, 2.45) is 0 Å². The first-order valence-corrected chi connectivity index (χ1v) is 6.91. The SMILES string of the molecule is CC[C@@H](NC(=O)c1nc(-n2cnnc2)n[nH]1)c1ccccc1. The Morgan fingerprint density at radius 1 is 1.27 bits per heavy atom. The van der Waals surface area contributed by atoms with Crippen LogP contribution in [0.2, 0.25) is 0 Å². The molecule has 112 valence electrons. The molecule has 3 rings (SSSR count). The second-order valence-corrected chi connectivity index (χ2v) is 4.70. The van der Waals surface area contributed by atoms with Gasteiger partial charge < -0.3 is 5.32 Å². The van der Waals surface area contributed by atoms with Gasteiger partial charge in [0.15, 0.2) is 0 Å². The average Bonchev–Trinajstić information content (AvgIpc) is 3.23. The molecule has 2 N–H and O–H groups in total. The van der Waals surface area contributed by atoms with Crippen LogP contribution in [-0.4, -0.2) is 35.9 Å². The maximum Gasteiger partial charge on any atom is 0.289 e. The summed E-state index contributed by atoms with van der Waals surface area (Å²) in [7, 11) is 0. The number of nitrogens with zero attached hydrogens (tertiary/aromatic N) is 5. The predicted molar refractivity (Wildman–Crippen MR) is 78.2 cm³/mol. The summed E-state index contributed by atoms with van der Waals surface area (Å²) in [5, 5.41) is 16.9. The van der Waals surface area contributed by atoms with E-state index in [0.717, 1.165) is 12.0 Å². The van der Waals surface area contributed by atoms with Crippen LogP contribution in [0.4, 0.5) is 0 Å². The highest BCUT2D eigenvalue weighted by molar-refractivity contribution is 5.90. The summed E-state index contributed by atoms with van der Waals surface area (Å²) in [5.74, 6) is 0.170. The van der Waals surface area contributed by atoms with E-state index >= 15 is 0 Å². The van der Waals surface area contributed by atoms with E-state index in [1.165, 1.54) is 17.2 Å². The van der Waals surface area contributed by atoms with Crippen molar-refractivity contribution in [3.63, 3.8) is 0 Å². The van der Waals surface area contributed by atoms with Gasteiger partial charge in [-0.15, -0.1) is 15.3 Å². The normalized spacial score (nSPS) is 12.0. The van der Waals surface area contributed by atoms with E-state index in [2.05, 4.69) is 30.7 Å². The standard InChI is InChI=1S/C14H15N7O/c1-2-11(10-6-4-3-5-7-10)17-13(22)12-18-14(20-19-12)21-8-15-16-9-21/h3-9,11H,2H2,1H3,(H,17,22)(H,18,19,20)/t11-/m1/s1. The molecule has 0 aliphatic rings. The second kappa shape index (κ2) is 6.17. The van der Waals surface area contributed by atoms with E-state index in [1.54, 1.807) is 0 Å². The van der Waals surface area contributed by atoms with Gasteiger partial charge in [-0.2, -0.15) is 4.98 Å². The summed E-state index contributed by atoms with van der Waals surface area (Å²) in [5.41, 5.74) is 1.05. The number of H-pyrrole nitrogens is 1. The van der Waals surface area contributed by atoms with Crippen LogP contribution in [0.25, 0.3) is 5.95 Å². The first-order chi connectivity index (χ1) is 10.8. The van der Waals surface area contributed by atoms with Gasteiger partial charge in [-0.05, 0) is 12.0 Å². The number of aromatic amines is 1. The Kier molecular flexibility index (Phi) is 3.90. The van der Waals surface area contributed by atoms with Crippen molar-refractivity contribution >= 4 is 5.91 Å². The molecule has 1 amide bonds. The zero-order valence-electron chi connectivity index (χ0n) is 12.0. The monoisotopic (exact) mass is 297 g/mol. The van der Waals surface area contributed by atoms with E-state index in [0.29, 0.717) is 5.95 Å². The first-order valence-electron chi connectivity index (χ1n) is 6.91. The van der Waals surface area contributed by atoms with Crippen molar-refractivity contribution in [2.75, 3.05) is 0 Å². The molecule has 0 fully saturated rings.